The highest BCUT2D eigenvalue weighted by Crippen LogP contribution is 2.13. The molecule has 0 amide bonds. The van der Waals surface area contributed by atoms with E-state index >= 15 is 0 Å². The SMILES string of the molecule is Cc1ccc2ccccc2c1[Si]Cl. The van der Waals surface area contributed by atoms with E-state index in [4.69, 9.17) is 11.1 Å². The second kappa shape index (κ2) is 3.52. The van der Waals surface area contributed by atoms with Crippen LogP contribution in [0, 0.1) is 6.92 Å². The molecular weight excluding hydrogens is 196 g/mol. The van der Waals surface area contributed by atoms with Gasteiger partial charge in [-0.3, -0.25) is 0 Å². The first-order chi connectivity index (χ1) is 6.33. The van der Waals surface area contributed by atoms with Gasteiger partial charge in [0.25, 0.3) is 0 Å². The number of rotatable bonds is 1. The fraction of sp³-hybridized carbons (Fsp3) is 0.0909. The van der Waals surface area contributed by atoms with Crippen LogP contribution in [-0.2, 0) is 0 Å². The average Bonchev–Trinajstić information content (AvgIpc) is 2.18. The van der Waals surface area contributed by atoms with Crippen LogP contribution in [-0.4, -0.2) is 8.83 Å². The van der Waals surface area contributed by atoms with E-state index in [0.717, 1.165) is 0 Å². The molecule has 64 valence electrons. The van der Waals surface area contributed by atoms with Crippen LogP contribution in [0.25, 0.3) is 10.8 Å². The molecule has 2 heteroatoms. The molecule has 0 aliphatic carbocycles. The van der Waals surface area contributed by atoms with Gasteiger partial charge in [-0.05, 0) is 22.9 Å². The van der Waals surface area contributed by atoms with Gasteiger partial charge in [0.05, 0.1) is 0 Å². The summed E-state index contributed by atoms with van der Waals surface area (Å²) < 4.78 is 0. The van der Waals surface area contributed by atoms with Gasteiger partial charge in [0.1, 0.15) is 0 Å². The molecule has 0 N–H and O–H groups in total. The number of hydrogen-bond donors (Lipinski definition) is 0. The summed E-state index contributed by atoms with van der Waals surface area (Å²) in [6.45, 7) is 2.11. The van der Waals surface area contributed by atoms with Crippen molar-refractivity contribution in [1.82, 2.24) is 0 Å². The second-order valence-corrected chi connectivity index (χ2v) is 4.33. The van der Waals surface area contributed by atoms with E-state index in [1.807, 2.05) is 0 Å². The number of halogens is 1. The molecule has 0 saturated heterocycles. The lowest BCUT2D eigenvalue weighted by Gasteiger charge is -2.05. The summed E-state index contributed by atoms with van der Waals surface area (Å²) in [6.07, 6.45) is 0. The van der Waals surface area contributed by atoms with Gasteiger partial charge < -0.3 is 0 Å². The van der Waals surface area contributed by atoms with Crippen molar-refractivity contribution in [1.29, 1.82) is 0 Å². The lowest BCUT2D eigenvalue weighted by atomic mass is 10.1. The first-order valence-corrected chi connectivity index (χ1v) is 6.19. The van der Waals surface area contributed by atoms with Gasteiger partial charge in [-0.25, -0.2) is 0 Å². The predicted molar refractivity (Wildman–Crippen MR) is 59.9 cm³/mol. The molecule has 0 aliphatic rings. The Morgan fingerprint density at radius 3 is 2.62 bits per heavy atom. The minimum atomic E-state index is 0.355. The maximum atomic E-state index is 5.94. The zero-order valence-corrected chi connectivity index (χ0v) is 9.10. The van der Waals surface area contributed by atoms with Crippen molar-refractivity contribution < 1.29 is 0 Å². The quantitative estimate of drug-likeness (QED) is 0.495. The second-order valence-electron chi connectivity index (χ2n) is 3.07. The van der Waals surface area contributed by atoms with Crippen LogP contribution in [0.15, 0.2) is 36.4 Å². The summed E-state index contributed by atoms with van der Waals surface area (Å²) in [5.41, 5.74) is 1.28. The fourth-order valence-electron chi connectivity index (χ4n) is 1.51. The van der Waals surface area contributed by atoms with Gasteiger partial charge in [-0.1, -0.05) is 42.0 Å². The molecule has 0 atom stereocenters. The first-order valence-electron chi connectivity index (χ1n) is 4.18. The van der Waals surface area contributed by atoms with Crippen LogP contribution >= 0.6 is 11.1 Å². The Bertz CT molecular complexity index is 437. The van der Waals surface area contributed by atoms with Crippen molar-refractivity contribution in [3.05, 3.63) is 42.0 Å². The Kier molecular flexibility index (Phi) is 2.38. The Morgan fingerprint density at radius 2 is 1.85 bits per heavy atom. The molecule has 0 heterocycles. The highest BCUT2D eigenvalue weighted by atomic mass is 35.6. The molecular formula is C11H9ClSi. The molecule has 0 aromatic heterocycles. The van der Waals surface area contributed by atoms with Gasteiger partial charge >= 0.3 is 0 Å². The van der Waals surface area contributed by atoms with Crippen molar-refractivity contribution in [3.63, 3.8) is 0 Å². The van der Waals surface area contributed by atoms with E-state index in [9.17, 15) is 0 Å². The number of aryl methyl sites for hydroxylation is 1. The first kappa shape index (κ1) is 8.79. The van der Waals surface area contributed by atoms with Crippen molar-refractivity contribution in [2.24, 2.45) is 0 Å². The third-order valence-corrected chi connectivity index (χ3v) is 3.65. The normalized spacial score (nSPS) is 10.6. The topological polar surface area (TPSA) is 0 Å². The number of benzene rings is 2. The summed E-state index contributed by atoms with van der Waals surface area (Å²) in [5, 5.41) is 3.84. The number of fused-ring (bicyclic) bond motifs is 1. The summed E-state index contributed by atoms with van der Waals surface area (Å²) >= 11 is 5.94. The lowest BCUT2D eigenvalue weighted by Crippen LogP contribution is -2.13. The van der Waals surface area contributed by atoms with Gasteiger partial charge in [-0.2, -0.15) is 11.1 Å². The smallest absolute Gasteiger partial charge is 0.165 e. The summed E-state index contributed by atoms with van der Waals surface area (Å²) in [5.74, 6) is 0. The molecule has 2 aromatic carbocycles. The highest BCUT2D eigenvalue weighted by Gasteiger charge is 2.02. The van der Waals surface area contributed by atoms with Crippen LogP contribution in [0.2, 0.25) is 0 Å². The Hall–Kier alpha value is -0.793. The van der Waals surface area contributed by atoms with Gasteiger partial charge in [0, 0.05) is 0 Å². The predicted octanol–water partition coefficient (Wildman–Crippen LogP) is 2.63. The van der Waals surface area contributed by atoms with E-state index < -0.39 is 0 Å². The third-order valence-electron chi connectivity index (χ3n) is 2.23. The fourth-order valence-corrected chi connectivity index (χ4v) is 2.82. The zero-order valence-electron chi connectivity index (χ0n) is 7.34. The van der Waals surface area contributed by atoms with Crippen LogP contribution in [0.5, 0.6) is 0 Å². The Balaban J connectivity index is 2.84. The van der Waals surface area contributed by atoms with Gasteiger partial charge in [0.15, 0.2) is 0 Å². The lowest BCUT2D eigenvalue weighted by molar-refractivity contribution is 1.54. The minimum Gasteiger partial charge on any atom is -0.165 e. The highest BCUT2D eigenvalue weighted by molar-refractivity contribution is 7.02. The minimum absolute atomic E-state index is 0.355. The van der Waals surface area contributed by atoms with E-state index in [0.29, 0.717) is 8.83 Å². The zero-order chi connectivity index (χ0) is 9.26. The van der Waals surface area contributed by atoms with E-state index in [1.54, 1.807) is 0 Å². The summed E-state index contributed by atoms with van der Waals surface area (Å²) in [4.78, 5) is 0. The maximum Gasteiger partial charge on any atom is 0.211 e. The standard InChI is InChI=1S/C11H9ClSi/c1-8-6-7-9-4-2-3-5-10(9)11(8)13-12/h2-7H,1H3. The number of hydrogen-bond acceptors (Lipinski definition) is 0. The third kappa shape index (κ3) is 1.50. The largest absolute Gasteiger partial charge is 0.211 e. The molecule has 0 saturated carbocycles. The average molecular weight is 205 g/mol. The van der Waals surface area contributed by atoms with Crippen molar-refractivity contribution in [3.8, 4) is 0 Å². The molecule has 13 heavy (non-hydrogen) atoms. The van der Waals surface area contributed by atoms with Crippen molar-refractivity contribution in [2.75, 3.05) is 0 Å². The monoisotopic (exact) mass is 204 g/mol. The van der Waals surface area contributed by atoms with Crippen LogP contribution < -0.4 is 5.19 Å². The molecule has 0 aliphatic heterocycles. The Morgan fingerprint density at radius 1 is 1.08 bits per heavy atom. The molecule has 0 fully saturated rings. The van der Waals surface area contributed by atoms with E-state index in [-0.39, 0.29) is 0 Å². The molecule has 2 rings (SSSR count). The molecule has 0 nitrogen and oxygen atoms in total. The van der Waals surface area contributed by atoms with Crippen LogP contribution in [0.1, 0.15) is 5.56 Å². The molecule has 0 unspecified atom stereocenters. The summed E-state index contributed by atoms with van der Waals surface area (Å²) in [7, 11) is 0.355. The van der Waals surface area contributed by atoms with Crippen molar-refractivity contribution >= 4 is 35.9 Å². The molecule has 2 aromatic rings. The van der Waals surface area contributed by atoms with Gasteiger partial charge in [0.2, 0.25) is 8.83 Å². The molecule has 2 radical (unpaired) electrons. The summed E-state index contributed by atoms with van der Waals surface area (Å²) in [6, 6.07) is 12.6. The van der Waals surface area contributed by atoms with Crippen LogP contribution in [0.3, 0.4) is 0 Å². The van der Waals surface area contributed by atoms with E-state index in [2.05, 4.69) is 43.3 Å². The Labute approximate surface area is 85.1 Å². The van der Waals surface area contributed by atoms with Crippen molar-refractivity contribution in [2.45, 2.75) is 6.92 Å². The maximum absolute atomic E-state index is 5.94. The van der Waals surface area contributed by atoms with Crippen LogP contribution in [0.4, 0.5) is 0 Å². The molecule has 0 bridgehead atoms. The van der Waals surface area contributed by atoms with Gasteiger partial charge in [-0.15, -0.1) is 0 Å². The van der Waals surface area contributed by atoms with E-state index in [1.165, 1.54) is 21.5 Å². The molecule has 0 spiro atoms.